The number of fused-ring (bicyclic) bond motifs is 1. The number of rotatable bonds is 3. The number of anilines is 3. The summed E-state index contributed by atoms with van der Waals surface area (Å²) in [4.78, 5) is 19.3. The minimum absolute atomic E-state index is 0.0357. The van der Waals surface area contributed by atoms with Crippen molar-refractivity contribution in [3.63, 3.8) is 0 Å². The van der Waals surface area contributed by atoms with Crippen molar-refractivity contribution in [3.8, 4) is 0 Å². The number of pyridine rings is 1. The monoisotopic (exact) mass is 377 g/mol. The molecule has 1 amide bonds. The van der Waals surface area contributed by atoms with Crippen LogP contribution in [0.2, 0.25) is 5.02 Å². The van der Waals surface area contributed by atoms with Crippen LogP contribution in [0.15, 0.2) is 60.9 Å². The van der Waals surface area contributed by atoms with Gasteiger partial charge in [-0.15, -0.1) is 0 Å². The van der Waals surface area contributed by atoms with Gasteiger partial charge in [-0.1, -0.05) is 35.9 Å². The molecule has 27 heavy (non-hydrogen) atoms. The highest BCUT2D eigenvalue weighted by Crippen LogP contribution is 2.33. The van der Waals surface area contributed by atoms with Gasteiger partial charge in [-0.25, -0.2) is 0 Å². The first-order chi connectivity index (χ1) is 13.0. The van der Waals surface area contributed by atoms with Crippen LogP contribution in [0.4, 0.5) is 17.1 Å². The van der Waals surface area contributed by atoms with Crippen LogP contribution in [0.25, 0.3) is 0 Å². The molecule has 2 aromatic carbocycles. The Bertz CT molecular complexity index is 1020. The number of amides is 1. The van der Waals surface area contributed by atoms with Crippen LogP contribution in [0.3, 0.4) is 0 Å². The molecule has 0 saturated carbocycles. The van der Waals surface area contributed by atoms with Crippen molar-refractivity contribution in [1.82, 2.24) is 4.98 Å². The van der Waals surface area contributed by atoms with Crippen molar-refractivity contribution in [2.24, 2.45) is 0 Å². The van der Waals surface area contributed by atoms with Crippen molar-refractivity contribution < 1.29 is 4.79 Å². The number of hydrogen-bond donors (Lipinski definition) is 1. The van der Waals surface area contributed by atoms with E-state index in [0.29, 0.717) is 10.6 Å². The van der Waals surface area contributed by atoms with Gasteiger partial charge in [0.05, 0.1) is 17.4 Å². The van der Waals surface area contributed by atoms with Gasteiger partial charge in [-0.05, 0) is 55.7 Å². The van der Waals surface area contributed by atoms with Crippen LogP contribution in [0.5, 0.6) is 0 Å². The minimum Gasteiger partial charge on any atom is -0.354 e. The smallest absolute Gasteiger partial charge is 0.260 e. The van der Waals surface area contributed by atoms with E-state index < -0.39 is 0 Å². The number of aryl methyl sites for hydroxylation is 1. The summed E-state index contributed by atoms with van der Waals surface area (Å²) in [6.07, 6.45) is 4.19. The van der Waals surface area contributed by atoms with E-state index in [1.165, 1.54) is 5.56 Å². The van der Waals surface area contributed by atoms with Gasteiger partial charge in [0, 0.05) is 28.6 Å². The summed E-state index contributed by atoms with van der Waals surface area (Å²) in [5, 5.41) is 3.97. The molecule has 2 heterocycles. The lowest BCUT2D eigenvalue weighted by molar-refractivity contribution is 0.0981. The van der Waals surface area contributed by atoms with E-state index in [-0.39, 0.29) is 11.9 Å². The van der Waals surface area contributed by atoms with Crippen molar-refractivity contribution in [2.45, 2.75) is 26.3 Å². The molecule has 0 aliphatic carbocycles. The van der Waals surface area contributed by atoms with Gasteiger partial charge >= 0.3 is 0 Å². The number of para-hydroxylation sites is 1. The number of benzene rings is 2. The van der Waals surface area contributed by atoms with Gasteiger partial charge in [0.25, 0.3) is 5.91 Å². The molecule has 4 rings (SSSR count). The van der Waals surface area contributed by atoms with Crippen LogP contribution >= 0.6 is 11.6 Å². The van der Waals surface area contributed by atoms with E-state index in [1.54, 1.807) is 12.4 Å². The number of halogens is 1. The second-order valence-electron chi connectivity index (χ2n) is 6.90. The molecule has 0 spiro atoms. The Kier molecular flexibility index (Phi) is 4.58. The highest BCUT2D eigenvalue weighted by atomic mass is 35.5. The quantitative estimate of drug-likeness (QED) is 0.666. The summed E-state index contributed by atoms with van der Waals surface area (Å²) in [5.74, 6) is -0.0357. The van der Waals surface area contributed by atoms with E-state index >= 15 is 0 Å². The summed E-state index contributed by atoms with van der Waals surface area (Å²) in [6.45, 7) is 4.08. The largest absolute Gasteiger partial charge is 0.354 e. The van der Waals surface area contributed by atoms with E-state index in [1.807, 2.05) is 54.3 Å². The number of nitrogens with zero attached hydrogens (tertiary/aromatic N) is 2. The number of aromatic nitrogens is 1. The highest BCUT2D eigenvalue weighted by Gasteiger charge is 2.31. The molecule has 5 heteroatoms. The number of carbonyl (C=O) groups is 1. The average molecular weight is 378 g/mol. The zero-order valence-electron chi connectivity index (χ0n) is 15.2. The maximum atomic E-state index is 13.2. The standard InChI is InChI=1S/C22H20ClN3O/c1-14-7-8-18(23)11-20(14)25-19-10-17(12-24-13-19)22(27)26-15(2)9-16-5-3-4-6-21(16)26/h3-8,10-13,15,25H,9H2,1-2H3. The van der Waals surface area contributed by atoms with E-state index in [9.17, 15) is 4.79 Å². The van der Waals surface area contributed by atoms with E-state index in [2.05, 4.69) is 23.3 Å². The predicted molar refractivity (Wildman–Crippen MR) is 110 cm³/mol. The van der Waals surface area contributed by atoms with Gasteiger partial charge in [-0.3, -0.25) is 9.78 Å². The van der Waals surface area contributed by atoms with Crippen LogP contribution in [0, 0.1) is 6.92 Å². The predicted octanol–water partition coefficient (Wildman–Crippen LogP) is 5.38. The molecule has 1 aliphatic rings. The Labute approximate surface area is 163 Å². The summed E-state index contributed by atoms with van der Waals surface area (Å²) >= 11 is 6.10. The molecule has 0 fully saturated rings. The third kappa shape index (κ3) is 3.40. The average Bonchev–Trinajstić information content (AvgIpc) is 3.00. The lowest BCUT2D eigenvalue weighted by Gasteiger charge is -2.23. The summed E-state index contributed by atoms with van der Waals surface area (Å²) in [6, 6.07) is 15.7. The minimum atomic E-state index is -0.0357. The third-order valence-corrected chi connectivity index (χ3v) is 5.12. The summed E-state index contributed by atoms with van der Waals surface area (Å²) in [5.41, 5.74) is 5.47. The molecule has 1 aromatic heterocycles. The second kappa shape index (κ2) is 7.05. The zero-order chi connectivity index (χ0) is 19.0. The van der Waals surface area contributed by atoms with Crippen molar-refractivity contribution in [1.29, 1.82) is 0 Å². The Morgan fingerprint density at radius 1 is 1.19 bits per heavy atom. The van der Waals surface area contributed by atoms with Crippen molar-refractivity contribution in [3.05, 3.63) is 82.6 Å². The number of carbonyl (C=O) groups excluding carboxylic acids is 1. The molecule has 4 nitrogen and oxygen atoms in total. The Balaban J connectivity index is 1.63. The molecule has 0 bridgehead atoms. The van der Waals surface area contributed by atoms with E-state index in [4.69, 9.17) is 11.6 Å². The van der Waals surface area contributed by atoms with Crippen LogP contribution in [-0.4, -0.2) is 16.9 Å². The Morgan fingerprint density at radius 2 is 2.00 bits per heavy atom. The zero-order valence-corrected chi connectivity index (χ0v) is 16.0. The molecular formula is C22H20ClN3O. The lowest BCUT2D eigenvalue weighted by atomic mass is 10.1. The van der Waals surface area contributed by atoms with Crippen LogP contribution in [0.1, 0.15) is 28.4 Å². The molecule has 1 unspecified atom stereocenters. The number of hydrogen-bond acceptors (Lipinski definition) is 3. The molecule has 3 aromatic rings. The van der Waals surface area contributed by atoms with Gasteiger partial charge < -0.3 is 10.2 Å². The van der Waals surface area contributed by atoms with Gasteiger partial charge in [0.1, 0.15) is 0 Å². The Morgan fingerprint density at radius 3 is 2.85 bits per heavy atom. The first-order valence-electron chi connectivity index (χ1n) is 8.92. The van der Waals surface area contributed by atoms with Crippen LogP contribution in [-0.2, 0) is 6.42 Å². The summed E-state index contributed by atoms with van der Waals surface area (Å²) < 4.78 is 0. The molecule has 136 valence electrons. The van der Waals surface area contributed by atoms with Gasteiger partial charge in [0.15, 0.2) is 0 Å². The maximum absolute atomic E-state index is 13.2. The normalized spacial score (nSPS) is 15.5. The fourth-order valence-electron chi connectivity index (χ4n) is 3.52. The third-order valence-electron chi connectivity index (χ3n) is 4.89. The molecular weight excluding hydrogens is 358 g/mol. The molecule has 0 radical (unpaired) electrons. The second-order valence-corrected chi connectivity index (χ2v) is 7.34. The molecule has 0 saturated heterocycles. The first-order valence-corrected chi connectivity index (χ1v) is 9.30. The fraction of sp³-hybridized carbons (Fsp3) is 0.182. The molecule has 1 N–H and O–H groups in total. The van der Waals surface area contributed by atoms with Crippen molar-refractivity contribution in [2.75, 3.05) is 10.2 Å². The van der Waals surface area contributed by atoms with Crippen molar-refractivity contribution >= 4 is 34.6 Å². The lowest BCUT2D eigenvalue weighted by Crippen LogP contribution is -2.35. The first kappa shape index (κ1) is 17.6. The van der Waals surface area contributed by atoms with Gasteiger partial charge in [-0.2, -0.15) is 0 Å². The SMILES string of the molecule is Cc1ccc(Cl)cc1Nc1cncc(C(=O)N2c3ccccc3CC2C)c1. The molecule has 1 aliphatic heterocycles. The topological polar surface area (TPSA) is 45.2 Å². The van der Waals surface area contributed by atoms with E-state index in [0.717, 1.165) is 29.0 Å². The number of nitrogens with one attached hydrogen (secondary N) is 1. The van der Waals surface area contributed by atoms with Crippen LogP contribution < -0.4 is 10.2 Å². The fourth-order valence-corrected chi connectivity index (χ4v) is 3.70. The van der Waals surface area contributed by atoms with Gasteiger partial charge in [0.2, 0.25) is 0 Å². The highest BCUT2D eigenvalue weighted by molar-refractivity contribution is 6.30. The Hall–Kier alpha value is -2.85. The molecule has 1 atom stereocenters. The maximum Gasteiger partial charge on any atom is 0.260 e. The summed E-state index contributed by atoms with van der Waals surface area (Å²) in [7, 11) is 0.